The first-order valence-corrected chi connectivity index (χ1v) is 6.52. The summed E-state index contributed by atoms with van der Waals surface area (Å²) in [5.41, 5.74) is 1.78. The van der Waals surface area contributed by atoms with Crippen molar-refractivity contribution in [1.29, 1.82) is 0 Å². The van der Waals surface area contributed by atoms with Crippen LogP contribution in [-0.2, 0) is 24.1 Å². The maximum Gasteiger partial charge on any atom is 0.227 e. The predicted molar refractivity (Wildman–Crippen MR) is 68.3 cm³/mol. The number of rotatable bonds is 7. The first kappa shape index (κ1) is 14.7. The van der Waals surface area contributed by atoms with Crippen molar-refractivity contribution in [1.82, 2.24) is 10.1 Å². The molecule has 1 aromatic heterocycles. The van der Waals surface area contributed by atoms with Crippen LogP contribution in [0.1, 0.15) is 37.8 Å². The average molecular weight is 254 g/mol. The highest BCUT2D eigenvalue weighted by molar-refractivity contribution is 5.79. The Kier molecular flexibility index (Phi) is 5.85. The van der Waals surface area contributed by atoms with Crippen molar-refractivity contribution in [3.8, 4) is 0 Å². The molecule has 1 aromatic rings. The molecule has 1 N–H and O–H groups in total. The molecular weight excluding hydrogens is 232 g/mol. The summed E-state index contributed by atoms with van der Waals surface area (Å²) in [5.74, 6) is 0.805. The van der Waals surface area contributed by atoms with Gasteiger partial charge in [-0.2, -0.15) is 0 Å². The minimum absolute atomic E-state index is 0.00944. The summed E-state index contributed by atoms with van der Waals surface area (Å²) in [4.78, 5) is 13.8. The van der Waals surface area contributed by atoms with Crippen LogP contribution in [0.15, 0.2) is 4.52 Å². The van der Waals surface area contributed by atoms with Gasteiger partial charge in [0.05, 0.1) is 18.7 Å². The molecule has 0 aromatic carbocycles. The molecule has 0 aliphatic rings. The minimum atomic E-state index is -0.00944. The normalized spacial score (nSPS) is 10.7. The molecule has 102 valence electrons. The third-order valence-electron chi connectivity index (χ3n) is 3.04. The number of aliphatic hydroxyl groups is 1. The number of hydrogen-bond acceptors (Lipinski definition) is 4. The molecule has 0 aliphatic carbocycles. The molecule has 18 heavy (non-hydrogen) atoms. The maximum atomic E-state index is 12.1. The maximum absolute atomic E-state index is 12.1. The SMILES string of the molecule is CCc1noc(CC)c1CC(=O)N(CC)CCO. The van der Waals surface area contributed by atoms with Crippen molar-refractivity contribution in [2.75, 3.05) is 19.7 Å². The van der Waals surface area contributed by atoms with Gasteiger partial charge < -0.3 is 14.5 Å². The molecule has 1 heterocycles. The van der Waals surface area contributed by atoms with Crippen LogP contribution in [0.3, 0.4) is 0 Å². The number of nitrogens with zero attached hydrogens (tertiary/aromatic N) is 2. The molecule has 1 rings (SSSR count). The largest absolute Gasteiger partial charge is 0.395 e. The van der Waals surface area contributed by atoms with E-state index in [2.05, 4.69) is 5.16 Å². The standard InChI is InChI=1S/C13H22N2O3/c1-4-11-10(12(5-2)18-14-11)9-13(17)15(6-3)7-8-16/h16H,4-9H2,1-3H3. The third kappa shape index (κ3) is 3.32. The van der Waals surface area contributed by atoms with Crippen molar-refractivity contribution in [3.63, 3.8) is 0 Å². The molecular formula is C13H22N2O3. The van der Waals surface area contributed by atoms with Crippen LogP contribution in [0.5, 0.6) is 0 Å². The molecule has 0 fully saturated rings. The topological polar surface area (TPSA) is 66.6 Å². The Balaban J connectivity index is 2.82. The van der Waals surface area contributed by atoms with E-state index in [1.54, 1.807) is 4.90 Å². The second-order valence-corrected chi connectivity index (χ2v) is 4.11. The van der Waals surface area contributed by atoms with Gasteiger partial charge in [0, 0.05) is 25.1 Å². The van der Waals surface area contributed by atoms with E-state index in [1.165, 1.54) is 0 Å². The number of aromatic nitrogens is 1. The lowest BCUT2D eigenvalue weighted by molar-refractivity contribution is -0.130. The first-order chi connectivity index (χ1) is 8.67. The molecule has 5 heteroatoms. The lowest BCUT2D eigenvalue weighted by atomic mass is 10.1. The van der Waals surface area contributed by atoms with Crippen molar-refractivity contribution in [2.24, 2.45) is 0 Å². The lowest BCUT2D eigenvalue weighted by Gasteiger charge is -2.19. The third-order valence-corrected chi connectivity index (χ3v) is 3.04. The van der Waals surface area contributed by atoms with E-state index >= 15 is 0 Å². The monoisotopic (exact) mass is 254 g/mol. The van der Waals surface area contributed by atoms with E-state index in [4.69, 9.17) is 9.63 Å². The quantitative estimate of drug-likeness (QED) is 0.793. The van der Waals surface area contributed by atoms with Crippen LogP contribution in [0.2, 0.25) is 0 Å². The van der Waals surface area contributed by atoms with Gasteiger partial charge in [0.15, 0.2) is 0 Å². The zero-order valence-corrected chi connectivity index (χ0v) is 11.4. The highest BCUT2D eigenvalue weighted by atomic mass is 16.5. The van der Waals surface area contributed by atoms with Gasteiger partial charge in [0.2, 0.25) is 5.91 Å². The summed E-state index contributed by atoms with van der Waals surface area (Å²) in [6.07, 6.45) is 1.81. The molecule has 0 bridgehead atoms. The highest BCUT2D eigenvalue weighted by Crippen LogP contribution is 2.17. The van der Waals surface area contributed by atoms with E-state index < -0.39 is 0 Å². The van der Waals surface area contributed by atoms with Gasteiger partial charge in [-0.3, -0.25) is 4.79 Å². The smallest absolute Gasteiger partial charge is 0.227 e. The fraction of sp³-hybridized carbons (Fsp3) is 0.692. The summed E-state index contributed by atoms with van der Waals surface area (Å²) < 4.78 is 5.24. The van der Waals surface area contributed by atoms with Gasteiger partial charge in [-0.1, -0.05) is 19.0 Å². The summed E-state index contributed by atoms with van der Waals surface area (Å²) >= 11 is 0. The van der Waals surface area contributed by atoms with E-state index in [9.17, 15) is 4.79 Å². The Morgan fingerprint density at radius 2 is 2.06 bits per heavy atom. The van der Waals surface area contributed by atoms with Crippen molar-refractivity contribution in [2.45, 2.75) is 40.0 Å². The Hall–Kier alpha value is -1.36. The number of carbonyl (C=O) groups is 1. The van der Waals surface area contributed by atoms with Crippen molar-refractivity contribution in [3.05, 3.63) is 17.0 Å². The van der Waals surface area contributed by atoms with E-state index in [-0.39, 0.29) is 12.5 Å². The van der Waals surface area contributed by atoms with Crippen molar-refractivity contribution >= 4 is 5.91 Å². The van der Waals surface area contributed by atoms with Gasteiger partial charge in [-0.25, -0.2) is 0 Å². The Morgan fingerprint density at radius 3 is 2.56 bits per heavy atom. The second-order valence-electron chi connectivity index (χ2n) is 4.11. The first-order valence-electron chi connectivity index (χ1n) is 6.52. The summed E-state index contributed by atoms with van der Waals surface area (Å²) in [7, 11) is 0. The zero-order chi connectivity index (χ0) is 13.5. The van der Waals surface area contributed by atoms with Gasteiger partial charge >= 0.3 is 0 Å². The number of carbonyl (C=O) groups excluding carboxylic acids is 1. The number of likely N-dealkylation sites (N-methyl/N-ethyl adjacent to an activating group) is 1. The Morgan fingerprint density at radius 1 is 1.33 bits per heavy atom. The Labute approximate surface area is 108 Å². The van der Waals surface area contributed by atoms with Crippen LogP contribution in [-0.4, -0.2) is 40.8 Å². The van der Waals surface area contributed by atoms with Gasteiger partial charge in [0.1, 0.15) is 5.76 Å². The summed E-state index contributed by atoms with van der Waals surface area (Å²) in [6.45, 7) is 6.86. The molecule has 0 radical (unpaired) electrons. The van der Waals surface area contributed by atoms with Gasteiger partial charge in [-0.15, -0.1) is 0 Å². The molecule has 0 aliphatic heterocycles. The molecule has 0 spiro atoms. The van der Waals surface area contributed by atoms with E-state index in [0.29, 0.717) is 19.5 Å². The highest BCUT2D eigenvalue weighted by Gasteiger charge is 2.19. The van der Waals surface area contributed by atoms with Gasteiger partial charge in [-0.05, 0) is 13.3 Å². The zero-order valence-electron chi connectivity index (χ0n) is 11.4. The minimum Gasteiger partial charge on any atom is -0.395 e. The van der Waals surface area contributed by atoms with Gasteiger partial charge in [0.25, 0.3) is 0 Å². The number of aryl methyl sites for hydroxylation is 2. The fourth-order valence-corrected chi connectivity index (χ4v) is 1.98. The van der Waals surface area contributed by atoms with Crippen LogP contribution in [0, 0.1) is 0 Å². The number of aliphatic hydroxyl groups excluding tert-OH is 1. The van der Waals surface area contributed by atoms with Crippen LogP contribution < -0.4 is 0 Å². The summed E-state index contributed by atoms with van der Waals surface area (Å²) in [6, 6.07) is 0. The van der Waals surface area contributed by atoms with E-state index in [1.807, 2.05) is 20.8 Å². The van der Waals surface area contributed by atoms with Crippen LogP contribution in [0.25, 0.3) is 0 Å². The molecule has 0 atom stereocenters. The lowest BCUT2D eigenvalue weighted by Crippen LogP contribution is -2.34. The van der Waals surface area contributed by atoms with Crippen LogP contribution >= 0.6 is 0 Å². The molecule has 0 saturated heterocycles. The summed E-state index contributed by atoms with van der Waals surface area (Å²) in [5, 5.41) is 12.9. The molecule has 0 unspecified atom stereocenters. The van der Waals surface area contributed by atoms with E-state index in [0.717, 1.165) is 29.9 Å². The van der Waals surface area contributed by atoms with Crippen LogP contribution in [0.4, 0.5) is 0 Å². The van der Waals surface area contributed by atoms with Crippen molar-refractivity contribution < 1.29 is 14.4 Å². The molecule has 5 nitrogen and oxygen atoms in total. The second kappa shape index (κ2) is 7.16. The molecule has 0 saturated carbocycles. The average Bonchev–Trinajstić information content (AvgIpc) is 2.77. The predicted octanol–water partition coefficient (Wildman–Crippen LogP) is 1.18. The number of amides is 1. The Bertz CT molecular complexity index is 366. The number of hydrogen-bond donors (Lipinski definition) is 1. The fourth-order valence-electron chi connectivity index (χ4n) is 1.98. The molecule has 1 amide bonds.